The zero-order valence-corrected chi connectivity index (χ0v) is 21.0. The second-order valence-electron chi connectivity index (χ2n) is 8.09. The molecule has 3 aromatic rings. The smallest absolute Gasteiger partial charge is 0.266 e. The fourth-order valence-electron chi connectivity index (χ4n) is 4.21. The van der Waals surface area contributed by atoms with Crippen molar-refractivity contribution in [1.82, 2.24) is 19.4 Å². The van der Waals surface area contributed by atoms with Crippen molar-refractivity contribution in [3.63, 3.8) is 0 Å². The van der Waals surface area contributed by atoms with Crippen LogP contribution in [0.5, 0.6) is 0 Å². The van der Waals surface area contributed by atoms with Crippen LogP contribution in [0.15, 0.2) is 58.3 Å². The van der Waals surface area contributed by atoms with E-state index in [1.165, 1.54) is 11.8 Å². The molecular weight excluding hydrogens is 520 g/mol. The third-order valence-electron chi connectivity index (χ3n) is 5.86. The molecule has 0 aliphatic carbocycles. The van der Waals surface area contributed by atoms with Crippen molar-refractivity contribution in [1.29, 1.82) is 0 Å². The molecular formula is C24H21BrN4O2S2. The number of hydrogen-bond acceptors (Lipinski definition) is 5. The Kier molecular flexibility index (Phi) is 6.36. The van der Waals surface area contributed by atoms with Gasteiger partial charge >= 0.3 is 0 Å². The molecule has 168 valence electrons. The van der Waals surface area contributed by atoms with Gasteiger partial charge in [0.15, 0.2) is 0 Å². The third-order valence-corrected chi connectivity index (χ3v) is 7.73. The summed E-state index contributed by atoms with van der Waals surface area (Å²) in [6, 6.07) is 9.77. The molecule has 2 saturated heterocycles. The SMILES string of the molecule is O=C(Cn1cc(/C=C2\SC(=S)N(Cc3cccnc3)C2=O)c2cc(Br)ccc21)N1CCCC1. The highest BCUT2D eigenvalue weighted by Crippen LogP contribution is 2.35. The summed E-state index contributed by atoms with van der Waals surface area (Å²) in [6.07, 6.45) is 9.42. The van der Waals surface area contributed by atoms with Crippen LogP contribution in [-0.2, 0) is 22.7 Å². The first-order valence-corrected chi connectivity index (χ1v) is 12.7. The van der Waals surface area contributed by atoms with Crippen LogP contribution in [0, 0.1) is 0 Å². The molecule has 4 heterocycles. The highest BCUT2D eigenvalue weighted by atomic mass is 79.9. The number of hydrogen-bond donors (Lipinski definition) is 0. The summed E-state index contributed by atoms with van der Waals surface area (Å²) in [5, 5.41) is 0.983. The van der Waals surface area contributed by atoms with Gasteiger partial charge in [0.05, 0.1) is 11.4 Å². The molecule has 33 heavy (non-hydrogen) atoms. The Morgan fingerprint density at radius 2 is 2.06 bits per heavy atom. The molecule has 6 nitrogen and oxygen atoms in total. The molecule has 0 spiro atoms. The van der Waals surface area contributed by atoms with Crippen LogP contribution >= 0.6 is 39.9 Å². The zero-order valence-electron chi connectivity index (χ0n) is 17.7. The number of amides is 2. The van der Waals surface area contributed by atoms with E-state index in [0.29, 0.717) is 15.8 Å². The fraction of sp³-hybridized carbons (Fsp3) is 0.250. The number of carbonyl (C=O) groups is 2. The highest BCUT2D eigenvalue weighted by molar-refractivity contribution is 9.10. The number of aromatic nitrogens is 2. The van der Waals surface area contributed by atoms with E-state index in [0.717, 1.165) is 52.4 Å². The van der Waals surface area contributed by atoms with Crippen molar-refractivity contribution in [3.05, 3.63) is 69.4 Å². The van der Waals surface area contributed by atoms with Crippen LogP contribution < -0.4 is 0 Å². The quantitative estimate of drug-likeness (QED) is 0.343. The number of pyridine rings is 1. The summed E-state index contributed by atoms with van der Waals surface area (Å²) in [5.41, 5.74) is 2.78. The Morgan fingerprint density at radius 3 is 2.82 bits per heavy atom. The van der Waals surface area contributed by atoms with Crippen LogP contribution in [0.1, 0.15) is 24.0 Å². The Morgan fingerprint density at radius 1 is 1.24 bits per heavy atom. The number of nitrogens with zero attached hydrogens (tertiary/aromatic N) is 4. The van der Waals surface area contributed by atoms with Crippen LogP contribution in [-0.4, -0.2) is 48.6 Å². The minimum Gasteiger partial charge on any atom is -0.341 e. The molecule has 0 N–H and O–H groups in total. The maximum absolute atomic E-state index is 13.1. The van der Waals surface area contributed by atoms with Crippen molar-refractivity contribution in [2.24, 2.45) is 0 Å². The van der Waals surface area contributed by atoms with Crippen molar-refractivity contribution in [2.75, 3.05) is 13.1 Å². The maximum atomic E-state index is 13.1. The van der Waals surface area contributed by atoms with E-state index in [9.17, 15) is 9.59 Å². The van der Waals surface area contributed by atoms with Gasteiger partial charge in [-0.15, -0.1) is 0 Å². The predicted molar refractivity (Wildman–Crippen MR) is 138 cm³/mol. The van der Waals surface area contributed by atoms with Gasteiger partial charge in [-0.3, -0.25) is 19.5 Å². The van der Waals surface area contributed by atoms with E-state index < -0.39 is 0 Å². The summed E-state index contributed by atoms with van der Waals surface area (Å²) >= 11 is 10.3. The Hall–Kier alpha value is -2.49. The van der Waals surface area contributed by atoms with Gasteiger partial charge in [-0.25, -0.2) is 0 Å². The minimum absolute atomic E-state index is 0.113. The molecule has 2 aromatic heterocycles. The molecule has 5 rings (SSSR count). The van der Waals surface area contributed by atoms with Gasteiger partial charge in [0.2, 0.25) is 5.91 Å². The van der Waals surface area contributed by atoms with E-state index in [1.54, 1.807) is 17.3 Å². The molecule has 0 saturated carbocycles. The third kappa shape index (κ3) is 4.62. The van der Waals surface area contributed by atoms with Crippen LogP contribution in [0.4, 0.5) is 0 Å². The molecule has 0 radical (unpaired) electrons. The number of halogens is 1. The summed E-state index contributed by atoms with van der Waals surface area (Å²) in [4.78, 5) is 34.2. The van der Waals surface area contributed by atoms with E-state index >= 15 is 0 Å². The number of fused-ring (bicyclic) bond motifs is 1. The maximum Gasteiger partial charge on any atom is 0.266 e. The monoisotopic (exact) mass is 540 g/mol. The average Bonchev–Trinajstić information content (AvgIpc) is 3.51. The van der Waals surface area contributed by atoms with E-state index in [1.807, 2.05) is 52.1 Å². The van der Waals surface area contributed by atoms with Gasteiger partial charge in [0.1, 0.15) is 10.9 Å². The largest absolute Gasteiger partial charge is 0.341 e. The lowest BCUT2D eigenvalue weighted by atomic mass is 10.1. The standard InChI is InChI=1S/C24H21BrN4O2S2/c25-18-5-6-20-19(11-18)17(14-28(20)15-22(30)27-8-1-2-9-27)10-21-23(31)29(24(32)33-21)13-16-4-3-7-26-12-16/h3-7,10-12,14H,1-2,8-9,13,15H2/b21-10-. The summed E-state index contributed by atoms with van der Waals surface area (Å²) in [5.74, 6) is 0.0135. The zero-order chi connectivity index (χ0) is 22.9. The molecule has 0 unspecified atom stereocenters. The Bertz CT molecular complexity index is 1280. The molecule has 0 bridgehead atoms. The van der Waals surface area contributed by atoms with Crippen LogP contribution in [0.25, 0.3) is 17.0 Å². The molecule has 9 heteroatoms. The van der Waals surface area contributed by atoms with Gasteiger partial charge in [-0.05, 0) is 48.7 Å². The topological polar surface area (TPSA) is 58.4 Å². The van der Waals surface area contributed by atoms with E-state index in [2.05, 4.69) is 20.9 Å². The second-order valence-corrected chi connectivity index (χ2v) is 10.7. The predicted octanol–water partition coefficient (Wildman–Crippen LogP) is 4.82. The molecule has 2 fully saturated rings. The number of benzene rings is 1. The number of thioether (sulfide) groups is 1. The molecule has 0 atom stereocenters. The summed E-state index contributed by atoms with van der Waals surface area (Å²) in [7, 11) is 0. The molecule has 2 amide bonds. The Balaban J connectivity index is 1.45. The van der Waals surface area contributed by atoms with Gasteiger partial charge in [0, 0.05) is 52.6 Å². The van der Waals surface area contributed by atoms with Crippen molar-refractivity contribution in [3.8, 4) is 0 Å². The highest BCUT2D eigenvalue weighted by Gasteiger charge is 2.32. The van der Waals surface area contributed by atoms with Gasteiger partial charge in [-0.2, -0.15) is 0 Å². The van der Waals surface area contributed by atoms with Gasteiger partial charge < -0.3 is 9.47 Å². The van der Waals surface area contributed by atoms with Crippen LogP contribution in [0.3, 0.4) is 0 Å². The number of thiocarbonyl (C=S) groups is 1. The lowest BCUT2D eigenvalue weighted by Crippen LogP contribution is -2.30. The lowest BCUT2D eigenvalue weighted by Gasteiger charge is -2.16. The van der Waals surface area contributed by atoms with Crippen molar-refractivity contribution >= 4 is 73.0 Å². The second kappa shape index (κ2) is 9.40. The minimum atomic E-state index is -0.113. The first kappa shape index (κ1) is 22.3. The van der Waals surface area contributed by atoms with Crippen LogP contribution in [0.2, 0.25) is 0 Å². The number of rotatable bonds is 5. The first-order valence-electron chi connectivity index (χ1n) is 10.7. The van der Waals surface area contributed by atoms with Gasteiger partial charge in [0.25, 0.3) is 5.91 Å². The molecule has 1 aromatic carbocycles. The fourth-order valence-corrected chi connectivity index (χ4v) is 5.81. The van der Waals surface area contributed by atoms with Gasteiger partial charge in [-0.1, -0.05) is 46.0 Å². The number of likely N-dealkylation sites (tertiary alicyclic amines) is 1. The molecule has 2 aliphatic heterocycles. The average molecular weight is 541 g/mol. The van der Waals surface area contributed by atoms with Crippen molar-refractivity contribution in [2.45, 2.75) is 25.9 Å². The molecule has 2 aliphatic rings. The number of carbonyl (C=O) groups excluding carboxylic acids is 2. The first-order chi connectivity index (χ1) is 16.0. The van der Waals surface area contributed by atoms with E-state index in [-0.39, 0.29) is 18.4 Å². The van der Waals surface area contributed by atoms with Crippen molar-refractivity contribution < 1.29 is 9.59 Å². The summed E-state index contributed by atoms with van der Waals surface area (Å²) in [6.45, 7) is 2.34. The summed E-state index contributed by atoms with van der Waals surface area (Å²) < 4.78 is 3.45. The Labute approximate surface area is 209 Å². The normalized spacial score (nSPS) is 17.7. The van der Waals surface area contributed by atoms with E-state index in [4.69, 9.17) is 12.2 Å². The lowest BCUT2D eigenvalue weighted by molar-refractivity contribution is -0.130.